The normalized spacial score (nSPS) is 11.6. The lowest BCUT2D eigenvalue weighted by Gasteiger charge is -2.22. The largest absolute Gasteiger partial charge is 0.378 e. The highest BCUT2D eigenvalue weighted by molar-refractivity contribution is 5.98. The van der Waals surface area contributed by atoms with Crippen LogP contribution in [0.15, 0.2) is 48.5 Å². The van der Waals surface area contributed by atoms with E-state index in [1.165, 1.54) is 6.07 Å². The van der Waals surface area contributed by atoms with E-state index in [-0.39, 0.29) is 30.0 Å². The molecule has 3 N–H and O–H groups in total. The number of rotatable bonds is 9. The minimum absolute atomic E-state index is 0.0237. The van der Waals surface area contributed by atoms with Crippen molar-refractivity contribution in [2.75, 3.05) is 18.4 Å². The molecule has 2 aromatic rings. The second-order valence-corrected chi connectivity index (χ2v) is 7.00. The van der Waals surface area contributed by atoms with E-state index >= 15 is 0 Å². The molecule has 0 saturated heterocycles. The van der Waals surface area contributed by atoms with Crippen LogP contribution in [-0.4, -0.2) is 35.9 Å². The Balaban J connectivity index is 1.91. The van der Waals surface area contributed by atoms with E-state index in [1.54, 1.807) is 30.3 Å². The quantitative estimate of drug-likeness (QED) is 0.341. The van der Waals surface area contributed by atoms with Crippen LogP contribution in [0.4, 0.5) is 11.4 Å². The molecule has 29 heavy (non-hydrogen) atoms. The summed E-state index contributed by atoms with van der Waals surface area (Å²) in [5.74, 6) is -0.701. The topological polar surface area (TPSA) is 113 Å². The van der Waals surface area contributed by atoms with Gasteiger partial charge in [-0.25, -0.2) is 0 Å². The summed E-state index contributed by atoms with van der Waals surface area (Å²) in [4.78, 5) is 35.7. The van der Waals surface area contributed by atoms with Gasteiger partial charge in [0.15, 0.2) is 0 Å². The molecule has 0 aliphatic carbocycles. The highest BCUT2D eigenvalue weighted by Crippen LogP contribution is 2.22. The van der Waals surface area contributed by atoms with Gasteiger partial charge in [0.05, 0.1) is 4.92 Å². The zero-order chi connectivity index (χ0) is 21.4. The molecule has 2 amide bonds. The first-order chi connectivity index (χ1) is 13.8. The van der Waals surface area contributed by atoms with E-state index in [4.69, 9.17) is 0 Å². The molecule has 0 aliphatic heterocycles. The van der Waals surface area contributed by atoms with Crippen molar-refractivity contribution in [1.82, 2.24) is 10.6 Å². The van der Waals surface area contributed by atoms with Crippen LogP contribution in [0.2, 0.25) is 0 Å². The van der Waals surface area contributed by atoms with Crippen molar-refractivity contribution in [2.45, 2.75) is 26.8 Å². The Morgan fingerprint density at radius 2 is 1.69 bits per heavy atom. The summed E-state index contributed by atoms with van der Waals surface area (Å²) in [5, 5.41) is 19.5. The Morgan fingerprint density at radius 3 is 2.34 bits per heavy atom. The number of carbonyl (C=O) groups is 2. The maximum Gasteiger partial charge on any atom is 0.292 e. The summed E-state index contributed by atoms with van der Waals surface area (Å²) in [6.45, 7) is 6.12. The number of nitrogens with zero attached hydrogens (tertiary/aromatic N) is 1. The molecule has 0 heterocycles. The van der Waals surface area contributed by atoms with Gasteiger partial charge in [-0.3, -0.25) is 19.7 Å². The predicted octanol–water partition coefficient (Wildman–Crippen LogP) is 2.89. The van der Waals surface area contributed by atoms with Gasteiger partial charge in [-0.1, -0.05) is 44.2 Å². The molecule has 154 valence electrons. The number of aryl methyl sites for hydroxylation is 1. The minimum Gasteiger partial charge on any atom is -0.378 e. The van der Waals surface area contributed by atoms with E-state index in [0.717, 1.165) is 5.56 Å². The van der Waals surface area contributed by atoms with E-state index in [9.17, 15) is 19.7 Å². The molecule has 8 heteroatoms. The Labute approximate surface area is 169 Å². The van der Waals surface area contributed by atoms with E-state index in [2.05, 4.69) is 16.0 Å². The number of nitrogens with one attached hydrogen (secondary N) is 3. The third-order valence-corrected chi connectivity index (χ3v) is 4.47. The molecule has 0 bridgehead atoms. The lowest BCUT2D eigenvalue weighted by molar-refractivity contribution is -0.384. The third-order valence-electron chi connectivity index (χ3n) is 4.47. The first-order valence-electron chi connectivity index (χ1n) is 9.42. The molecule has 0 aliphatic rings. The summed E-state index contributed by atoms with van der Waals surface area (Å²) in [7, 11) is 0. The number of nitro benzene ring substituents is 1. The second kappa shape index (κ2) is 10.2. The summed E-state index contributed by atoms with van der Waals surface area (Å²) >= 11 is 0. The number of nitro groups is 1. The second-order valence-electron chi connectivity index (χ2n) is 7.00. The Morgan fingerprint density at radius 1 is 1.03 bits per heavy atom. The van der Waals surface area contributed by atoms with Crippen LogP contribution in [0.3, 0.4) is 0 Å². The van der Waals surface area contributed by atoms with Crippen molar-refractivity contribution < 1.29 is 14.5 Å². The monoisotopic (exact) mass is 398 g/mol. The fourth-order valence-corrected chi connectivity index (χ4v) is 2.86. The van der Waals surface area contributed by atoms with Crippen molar-refractivity contribution in [3.8, 4) is 0 Å². The van der Waals surface area contributed by atoms with Crippen LogP contribution in [-0.2, 0) is 4.79 Å². The van der Waals surface area contributed by atoms with Gasteiger partial charge < -0.3 is 16.0 Å². The van der Waals surface area contributed by atoms with Crippen LogP contribution < -0.4 is 16.0 Å². The predicted molar refractivity (Wildman–Crippen MR) is 112 cm³/mol. The summed E-state index contributed by atoms with van der Waals surface area (Å²) < 4.78 is 0. The molecule has 0 unspecified atom stereocenters. The van der Waals surface area contributed by atoms with Gasteiger partial charge in [0.1, 0.15) is 11.7 Å². The highest BCUT2D eigenvalue weighted by Gasteiger charge is 2.24. The van der Waals surface area contributed by atoms with Crippen molar-refractivity contribution in [3.05, 3.63) is 69.8 Å². The first-order valence-corrected chi connectivity index (χ1v) is 9.42. The molecular weight excluding hydrogens is 372 g/mol. The fraction of sp³-hybridized carbons (Fsp3) is 0.333. The summed E-state index contributed by atoms with van der Waals surface area (Å²) in [6.07, 6.45) is 0. The molecule has 0 radical (unpaired) electrons. The Kier molecular flexibility index (Phi) is 7.70. The van der Waals surface area contributed by atoms with Crippen molar-refractivity contribution >= 4 is 23.2 Å². The van der Waals surface area contributed by atoms with Crippen LogP contribution >= 0.6 is 0 Å². The van der Waals surface area contributed by atoms with Gasteiger partial charge in [0.25, 0.3) is 11.6 Å². The van der Waals surface area contributed by atoms with Crippen LogP contribution in [0.25, 0.3) is 0 Å². The molecule has 0 spiro atoms. The van der Waals surface area contributed by atoms with Gasteiger partial charge in [-0.2, -0.15) is 0 Å². The number of amides is 2. The minimum atomic E-state index is -0.687. The Bertz CT molecular complexity index is 882. The van der Waals surface area contributed by atoms with Crippen molar-refractivity contribution in [1.29, 1.82) is 0 Å². The van der Waals surface area contributed by atoms with Gasteiger partial charge >= 0.3 is 0 Å². The number of anilines is 1. The number of carbonyl (C=O) groups excluding carboxylic acids is 2. The smallest absolute Gasteiger partial charge is 0.292 e. The maximum absolute atomic E-state index is 12.6. The van der Waals surface area contributed by atoms with Crippen molar-refractivity contribution in [2.24, 2.45) is 5.92 Å². The summed E-state index contributed by atoms with van der Waals surface area (Å²) in [6, 6.07) is 12.8. The first kappa shape index (κ1) is 21.9. The van der Waals surface area contributed by atoms with Crippen LogP contribution in [0, 0.1) is 23.0 Å². The average Bonchev–Trinajstić information content (AvgIpc) is 2.69. The lowest BCUT2D eigenvalue weighted by Crippen LogP contribution is -2.50. The molecule has 2 rings (SSSR count). The van der Waals surface area contributed by atoms with Gasteiger partial charge in [0.2, 0.25) is 5.91 Å². The van der Waals surface area contributed by atoms with Crippen LogP contribution in [0.5, 0.6) is 0 Å². The van der Waals surface area contributed by atoms with E-state index < -0.39 is 11.0 Å². The fourth-order valence-electron chi connectivity index (χ4n) is 2.86. The molecular formula is C21H26N4O4. The SMILES string of the molecule is Cc1ccccc1C(=O)N[C@H](C(=O)NCCNc1ccccc1[N+](=O)[O-])C(C)C. The highest BCUT2D eigenvalue weighted by atomic mass is 16.6. The standard InChI is InChI=1S/C21H26N4O4/c1-14(2)19(24-20(26)16-9-5-4-8-15(16)3)21(27)23-13-12-22-17-10-6-7-11-18(17)25(28)29/h4-11,14,19,22H,12-13H2,1-3H3,(H,23,27)(H,24,26)/t19-/m0/s1. The summed E-state index contributed by atoms with van der Waals surface area (Å²) in [5.41, 5.74) is 1.73. The van der Waals surface area contributed by atoms with Crippen LogP contribution in [0.1, 0.15) is 29.8 Å². The zero-order valence-electron chi connectivity index (χ0n) is 16.8. The van der Waals surface area contributed by atoms with Gasteiger partial charge in [0, 0.05) is 24.7 Å². The molecule has 8 nitrogen and oxygen atoms in total. The maximum atomic E-state index is 12.6. The van der Waals surface area contributed by atoms with E-state index in [1.807, 2.05) is 32.9 Å². The zero-order valence-corrected chi connectivity index (χ0v) is 16.8. The lowest BCUT2D eigenvalue weighted by atomic mass is 10.0. The number of hydrogen-bond donors (Lipinski definition) is 3. The molecule has 0 saturated carbocycles. The average molecular weight is 398 g/mol. The van der Waals surface area contributed by atoms with Crippen molar-refractivity contribution in [3.63, 3.8) is 0 Å². The molecule has 2 aromatic carbocycles. The molecule has 0 fully saturated rings. The number of benzene rings is 2. The van der Waals surface area contributed by atoms with Gasteiger partial charge in [-0.05, 0) is 30.5 Å². The Hall–Kier alpha value is -3.42. The number of para-hydroxylation sites is 2. The molecule has 1 atom stereocenters. The third kappa shape index (κ3) is 6.03. The molecule has 0 aromatic heterocycles. The van der Waals surface area contributed by atoms with Gasteiger partial charge in [-0.15, -0.1) is 0 Å². The number of hydrogen-bond acceptors (Lipinski definition) is 5. The van der Waals surface area contributed by atoms with E-state index in [0.29, 0.717) is 17.8 Å².